The molecule has 4 heterocycles. The second kappa shape index (κ2) is 19.9. The third kappa shape index (κ3) is 11.8. The maximum absolute atomic E-state index is 10.9. The number of hydrogen-bond donors (Lipinski definition) is 4. The number of phenolic OH excluding ortho intramolecular Hbond substituents is 2. The number of aromatic nitrogens is 4. The van der Waals surface area contributed by atoms with Gasteiger partial charge in [-0.2, -0.15) is 0 Å². The number of pyridine rings is 4. The van der Waals surface area contributed by atoms with Crippen LogP contribution in [-0.4, -0.2) is 36.4 Å². The molecule has 0 saturated heterocycles. The number of phenols is 2. The summed E-state index contributed by atoms with van der Waals surface area (Å²) >= 11 is 23.0. The molecule has 4 aromatic carbocycles. The molecule has 13 heteroatoms. The zero-order valence-electron chi connectivity index (χ0n) is 28.8. The molecule has 0 spiro atoms. The van der Waals surface area contributed by atoms with Crippen LogP contribution in [0.15, 0.2) is 152 Å². The number of fused-ring (bicyclic) bond motifs is 2. The molecule has 1 unspecified atom stereocenters. The molecule has 8 aromatic rings. The van der Waals surface area contributed by atoms with Crippen LogP contribution in [0.5, 0.6) is 11.5 Å². The summed E-state index contributed by atoms with van der Waals surface area (Å²) in [7, 11) is 0. The van der Waals surface area contributed by atoms with Gasteiger partial charge in [0, 0.05) is 56.7 Å². The molecule has 1 atom stereocenters. The van der Waals surface area contributed by atoms with Gasteiger partial charge in [-0.25, -0.2) is 9.97 Å². The van der Waals surface area contributed by atoms with Crippen LogP contribution in [0.4, 0.5) is 11.6 Å². The predicted molar refractivity (Wildman–Crippen MR) is 223 cm³/mol. The number of aromatic hydroxyl groups is 2. The Labute approximate surface area is 337 Å². The Morgan fingerprint density at radius 2 is 1.15 bits per heavy atom. The van der Waals surface area contributed by atoms with Crippen molar-refractivity contribution in [2.45, 2.75) is 6.04 Å². The second-order valence-electron chi connectivity index (χ2n) is 11.5. The molecule has 9 nitrogen and oxygen atoms in total. The van der Waals surface area contributed by atoms with Crippen molar-refractivity contribution >= 4 is 86.1 Å². The van der Waals surface area contributed by atoms with Crippen LogP contribution >= 0.6 is 46.4 Å². The number of aldehydes is 1. The molecule has 8 rings (SSSR count). The molecule has 4 aromatic heterocycles. The zero-order valence-corrected chi connectivity index (χ0v) is 31.8. The van der Waals surface area contributed by atoms with Gasteiger partial charge in [0.05, 0.1) is 16.1 Å². The third-order valence-corrected chi connectivity index (χ3v) is 8.63. The lowest BCUT2D eigenvalue weighted by molar-refractivity contribution is 0.112. The van der Waals surface area contributed by atoms with E-state index in [2.05, 4.69) is 25.3 Å². The lowest BCUT2D eigenvalue weighted by atomic mass is 9.96. The van der Waals surface area contributed by atoms with Gasteiger partial charge in [-0.3, -0.25) is 14.8 Å². The van der Waals surface area contributed by atoms with Gasteiger partial charge >= 0.3 is 0 Å². The topological polar surface area (TPSA) is 147 Å². The average molecular weight is 811 g/mol. The van der Waals surface area contributed by atoms with Crippen LogP contribution in [0.2, 0.25) is 20.1 Å². The maximum Gasteiger partial charge on any atom is 0.150 e. The standard InChI is InChI=1S/C21H15Cl2N3O.C9H7NO.C7H5ClO.C5H5ClN2/c22-15-6-3-14(4-7-15)19(26-18-10-8-16(23)12-25-18)17-9-5-13-2-1-11-24-20(13)21(17)27;11-8-5-1-3-7-4-2-6-10-9(7)8;8-7-3-1-6(5-9)2-4-7;6-4-1-2-5(7)8-3-4/h1-12,19,27H,(H,25,26);1-6,11H;1-5H;1-3H,(H2,7,8). The van der Waals surface area contributed by atoms with E-state index in [1.807, 2.05) is 66.7 Å². The van der Waals surface area contributed by atoms with Crippen molar-refractivity contribution in [3.63, 3.8) is 0 Å². The van der Waals surface area contributed by atoms with Gasteiger partial charge in [0.1, 0.15) is 40.5 Å². The Hall–Kier alpha value is -5.97. The largest absolute Gasteiger partial charge is 0.506 e. The van der Waals surface area contributed by atoms with Gasteiger partial charge < -0.3 is 21.3 Å². The normalized spacial score (nSPS) is 10.8. The lowest BCUT2D eigenvalue weighted by Crippen LogP contribution is -2.13. The van der Waals surface area contributed by atoms with E-state index in [0.29, 0.717) is 53.9 Å². The molecule has 0 fully saturated rings. The van der Waals surface area contributed by atoms with Crippen molar-refractivity contribution in [1.29, 1.82) is 0 Å². The zero-order chi connectivity index (χ0) is 39.2. The van der Waals surface area contributed by atoms with Crippen molar-refractivity contribution < 1.29 is 15.0 Å². The van der Waals surface area contributed by atoms with Crippen LogP contribution in [0.3, 0.4) is 0 Å². The molecule has 0 radical (unpaired) electrons. The highest BCUT2D eigenvalue weighted by Crippen LogP contribution is 2.36. The first-order valence-corrected chi connectivity index (χ1v) is 17.9. The summed E-state index contributed by atoms with van der Waals surface area (Å²) < 4.78 is 0. The minimum atomic E-state index is -0.345. The van der Waals surface area contributed by atoms with Crippen molar-refractivity contribution in [3.05, 3.63) is 189 Å². The first kappa shape index (κ1) is 40.2. The Balaban J connectivity index is 0.000000168. The monoisotopic (exact) mass is 808 g/mol. The van der Waals surface area contributed by atoms with Crippen LogP contribution in [0, 0.1) is 0 Å². The van der Waals surface area contributed by atoms with Crippen LogP contribution in [0.1, 0.15) is 27.5 Å². The van der Waals surface area contributed by atoms with E-state index in [-0.39, 0.29) is 17.5 Å². The number of nitrogens with two attached hydrogens (primary N) is 1. The van der Waals surface area contributed by atoms with Gasteiger partial charge in [-0.1, -0.05) is 107 Å². The maximum atomic E-state index is 10.9. The van der Waals surface area contributed by atoms with Crippen LogP contribution in [0.25, 0.3) is 21.8 Å². The fourth-order valence-corrected chi connectivity index (χ4v) is 5.48. The number of nitrogen functional groups attached to an aromatic ring is 1. The summed E-state index contributed by atoms with van der Waals surface area (Å²) in [6, 6.07) is 37.5. The van der Waals surface area contributed by atoms with Crippen molar-refractivity contribution in [2.24, 2.45) is 0 Å². The first-order chi connectivity index (χ1) is 26.6. The molecule has 0 aliphatic carbocycles. The number of para-hydroxylation sites is 1. The molecule has 0 aliphatic rings. The highest BCUT2D eigenvalue weighted by Gasteiger charge is 2.20. The Kier molecular flexibility index (Phi) is 14.6. The predicted octanol–water partition coefficient (Wildman–Crippen LogP) is 11.3. The smallest absolute Gasteiger partial charge is 0.150 e. The minimum Gasteiger partial charge on any atom is -0.506 e. The highest BCUT2D eigenvalue weighted by atomic mass is 35.5. The first-order valence-electron chi connectivity index (χ1n) is 16.4. The van der Waals surface area contributed by atoms with E-state index in [0.717, 1.165) is 22.6 Å². The SMILES string of the molecule is Nc1ccc(Cl)cn1.O=Cc1ccc(Cl)cc1.Oc1c(C(Nc2ccc(Cl)cn2)c2ccc(Cl)cc2)ccc2cccnc12.Oc1cccc2cccnc12. The summed E-state index contributed by atoms with van der Waals surface area (Å²) in [6.45, 7) is 0. The van der Waals surface area contributed by atoms with Gasteiger partial charge in [0.25, 0.3) is 0 Å². The number of carbonyl (C=O) groups excluding carboxylic acids is 1. The summed E-state index contributed by atoms with van der Waals surface area (Å²) in [5, 5.41) is 27.9. The molecule has 55 heavy (non-hydrogen) atoms. The fraction of sp³-hybridized carbons (Fsp3) is 0.0238. The summed E-state index contributed by atoms with van der Waals surface area (Å²) in [4.78, 5) is 26.5. The van der Waals surface area contributed by atoms with E-state index in [4.69, 9.17) is 52.1 Å². The number of nitrogens with zero attached hydrogens (tertiary/aromatic N) is 4. The number of rotatable bonds is 5. The fourth-order valence-electron chi connectivity index (χ4n) is 5.00. The summed E-state index contributed by atoms with van der Waals surface area (Å²) in [6.07, 6.45) is 7.21. The number of benzene rings is 4. The van der Waals surface area contributed by atoms with Gasteiger partial charge in [0.2, 0.25) is 0 Å². The van der Waals surface area contributed by atoms with Gasteiger partial charge in [-0.15, -0.1) is 0 Å². The highest BCUT2D eigenvalue weighted by molar-refractivity contribution is 6.31. The van der Waals surface area contributed by atoms with E-state index in [9.17, 15) is 15.0 Å². The molecule has 5 N–H and O–H groups in total. The molecule has 0 saturated carbocycles. The van der Waals surface area contributed by atoms with Gasteiger partial charge in [-0.05, 0) is 72.3 Å². The quantitative estimate of drug-likeness (QED) is 0.125. The molecular weight excluding hydrogens is 778 g/mol. The molecule has 276 valence electrons. The van der Waals surface area contributed by atoms with Crippen molar-refractivity contribution in [3.8, 4) is 11.5 Å². The lowest BCUT2D eigenvalue weighted by Gasteiger charge is -2.22. The number of nitrogens with one attached hydrogen (secondary N) is 1. The molecule has 0 amide bonds. The van der Waals surface area contributed by atoms with Crippen LogP contribution in [-0.2, 0) is 0 Å². The molecular formula is C42H32Cl4N6O3. The van der Waals surface area contributed by atoms with E-state index in [1.54, 1.807) is 79.3 Å². The minimum absolute atomic E-state index is 0.134. The number of carbonyl (C=O) groups is 1. The summed E-state index contributed by atoms with van der Waals surface area (Å²) in [5.41, 5.74) is 8.75. The Morgan fingerprint density at radius 1 is 0.582 bits per heavy atom. The number of halogens is 4. The molecule has 0 bridgehead atoms. The van der Waals surface area contributed by atoms with E-state index in [1.165, 1.54) is 6.20 Å². The second-order valence-corrected chi connectivity index (χ2v) is 13.2. The van der Waals surface area contributed by atoms with Crippen LogP contribution < -0.4 is 11.1 Å². The Bertz CT molecular complexity index is 2430. The number of hydrogen-bond acceptors (Lipinski definition) is 9. The molecule has 0 aliphatic heterocycles. The summed E-state index contributed by atoms with van der Waals surface area (Å²) in [5.74, 6) is 1.51. The third-order valence-electron chi connectivity index (χ3n) is 7.68. The van der Waals surface area contributed by atoms with Crippen molar-refractivity contribution in [2.75, 3.05) is 11.1 Å². The van der Waals surface area contributed by atoms with Crippen molar-refractivity contribution in [1.82, 2.24) is 19.9 Å². The van der Waals surface area contributed by atoms with E-state index < -0.39 is 0 Å². The number of anilines is 2. The van der Waals surface area contributed by atoms with Gasteiger partial charge in [0.15, 0.2) is 0 Å². The average Bonchev–Trinajstić information content (AvgIpc) is 3.21. The van der Waals surface area contributed by atoms with E-state index >= 15 is 0 Å². The Morgan fingerprint density at radius 3 is 1.71 bits per heavy atom.